The van der Waals surface area contributed by atoms with E-state index in [1.165, 1.54) is 38.5 Å². The molecule has 9 nitrogen and oxygen atoms in total. The predicted molar refractivity (Wildman–Crippen MR) is 123 cm³/mol. The summed E-state index contributed by atoms with van der Waals surface area (Å²) in [6.07, 6.45) is 0. The summed E-state index contributed by atoms with van der Waals surface area (Å²) >= 11 is 12.6. The summed E-state index contributed by atoms with van der Waals surface area (Å²) in [4.78, 5) is 36.1. The van der Waals surface area contributed by atoms with Gasteiger partial charge in [-0.15, -0.1) is 0 Å². The molecule has 0 radical (unpaired) electrons. The molecule has 0 amide bonds. The second-order valence-corrected chi connectivity index (χ2v) is 7.82. The number of rotatable bonds is 5. The minimum absolute atomic E-state index is 0.0363. The number of aromatic carboxylic acids is 2. The first-order valence-electron chi connectivity index (χ1n) is 9.44. The van der Waals surface area contributed by atoms with Crippen molar-refractivity contribution in [1.29, 1.82) is 0 Å². The van der Waals surface area contributed by atoms with E-state index in [1.54, 1.807) is 0 Å². The Hall–Kier alpha value is -3.95. The van der Waals surface area contributed by atoms with Crippen LogP contribution in [0.5, 0.6) is 17.2 Å². The van der Waals surface area contributed by atoms with Crippen LogP contribution in [0, 0.1) is 0 Å². The van der Waals surface area contributed by atoms with Crippen molar-refractivity contribution in [3.8, 4) is 39.7 Å². The Labute approximate surface area is 200 Å². The van der Waals surface area contributed by atoms with Crippen molar-refractivity contribution in [2.24, 2.45) is 0 Å². The highest BCUT2D eigenvalue weighted by molar-refractivity contribution is 6.38. The Kier molecular flexibility index (Phi) is 5.76. The number of ether oxygens (including phenoxy) is 2. The minimum Gasteiger partial charge on any atom is -0.503 e. The topological polar surface area (TPSA) is 144 Å². The van der Waals surface area contributed by atoms with E-state index in [0.29, 0.717) is 0 Å². The summed E-state index contributed by atoms with van der Waals surface area (Å²) in [6, 6.07) is 6.23. The van der Waals surface area contributed by atoms with Gasteiger partial charge in [0.05, 0.1) is 25.3 Å². The van der Waals surface area contributed by atoms with Crippen molar-refractivity contribution in [1.82, 2.24) is 0 Å². The molecule has 4 rings (SSSR count). The lowest BCUT2D eigenvalue weighted by Gasteiger charge is -2.20. The SMILES string of the molecule is COc1cc2c(-c3ccc(C(=O)O)cc3C(=O)O)c3cc(OC)c(=O)c(Cl)c-3oc2c(Cl)c1O. The number of carboxylic acid groups (broad SMARTS) is 2. The van der Waals surface area contributed by atoms with Crippen LogP contribution in [0.2, 0.25) is 10.0 Å². The maximum absolute atomic E-state index is 12.6. The third-order valence-corrected chi connectivity index (χ3v) is 5.95. The van der Waals surface area contributed by atoms with Crippen molar-refractivity contribution in [3.05, 3.63) is 61.7 Å². The van der Waals surface area contributed by atoms with Gasteiger partial charge >= 0.3 is 11.9 Å². The second-order valence-electron chi connectivity index (χ2n) is 7.06. The Morgan fingerprint density at radius 2 is 1.59 bits per heavy atom. The number of methoxy groups -OCH3 is 2. The van der Waals surface area contributed by atoms with Crippen LogP contribution in [0.1, 0.15) is 20.7 Å². The Bertz CT molecular complexity index is 1540. The van der Waals surface area contributed by atoms with Crippen LogP contribution in [-0.4, -0.2) is 41.5 Å². The molecule has 34 heavy (non-hydrogen) atoms. The van der Waals surface area contributed by atoms with Crippen LogP contribution < -0.4 is 14.9 Å². The summed E-state index contributed by atoms with van der Waals surface area (Å²) in [5.41, 5.74) is -0.940. The molecule has 0 saturated heterocycles. The average molecular weight is 505 g/mol. The molecule has 1 aliphatic carbocycles. The normalized spacial score (nSPS) is 11.1. The van der Waals surface area contributed by atoms with Gasteiger partial charge in [0, 0.05) is 16.5 Å². The zero-order chi connectivity index (χ0) is 24.9. The molecular formula is C23H14Cl2O9. The number of benzene rings is 3. The lowest BCUT2D eigenvalue weighted by molar-refractivity contribution is 0.0696. The maximum atomic E-state index is 12.6. The molecule has 0 bridgehead atoms. The Morgan fingerprint density at radius 1 is 0.912 bits per heavy atom. The largest absolute Gasteiger partial charge is 0.503 e. The van der Waals surface area contributed by atoms with Crippen LogP contribution in [0.3, 0.4) is 0 Å². The number of halogens is 2. The van der Waals surface area contributed by atoms with Gasteiger partial charge in [-0.1, -0.05) is 29.3 Å². The first-order valence-corrected chi connectivity index (χ1v) is 10.2. The predicted octanol–water partition coefficient (Wildman–Crippen LogP) is 4.99. The van der Waals surface area contributed by atoms with E-state index in [2.05, 4.69) is 0 Å². The monoisotopic (exact) mass is 504 g/mol. The molecule has 2 aromatic rings. The van der Waals surface area contributed by atoms with Crippen LogP contribution in [0.4, 0.5) is 0 Å². The highest BCUT2D eigenvalue weighted by atomic mass is 35.5. The number of phenolic OH excluding ortho intramolecular Hbond substituents is 1. The Morgan fingerprint density at radius 3 is 2.18 bits per heavy atom. The van der Waals surface area contributed by atoms with E-state index in [4.69, 9.17) is 37.1 Å². The zero-order valence-corrected chi connectivity index (χ0v) is 18.9. The van der Waals surface area contributed by atoms with E-state index >= 15 is 0 Å². The third kappa shape index (κ3) is 3.46. The molecule has 1 heterocycles. The smallest absolute Gasteiger partial charge is 0.336 e. The van der Waals surface area contributed by atoms with Gasteiger partial charge < -0.3 is 29.2 Å². The number of carboxylic acids is 2. The molecule has 0 atom stereocenters. The number of fused-ring (bicyclic) bond motifs is 2. The second kappa shape index (κ2) is 8.44. The Balaban J connectivity index is 2.31. The standard InChI is InChI=1S/C23H14Cl2O9/c1-32-13-6-11-15(9-4-3-8(22(28)29)5-10(9)23(30)31)12-7-14(33-2)19(27)17(25)21(12)34-20(11)16(24)18(13)26/h3-7,26H,1-2H3,(H,28,29)(H,30,31). The number of phenols is 1. The van der Waals surface area contributed by atoms with E-state index in [9.17, 15) is 29.7 Å². The molecule has 0 unspecified atom stereocenters. The van der Waals surface area contributed by atoms with Gasteiger partial charge in [0.2, 0.25) is 5.43 Å². The van der Waals surface area contributed by atoms with Gasteiger partial charge in [0.15, 0.2) is 28.6 Å². The summed E-state index contributed by atoms with van der Waals surface area (Å²) in [5, 5.41) is 29.2. The summed E-state index contributed by atoms with van der Waals surface area (Å²) in [7, 11) is 2.56. The van der Waals surface area contributed by atoms with Crippen LogP contribution in [0.15, 0.2) is 39.5 Å². The van der Waals surface area contributed by atoms with Crippen LogP contribution in [-0.2, 0) is 0 Å². The van der Waals surface area contributed by atoms with Gasteiger partial charge in [-0.3, -0.25) is 4.79 Å². The lowest BCUT2D eigenvalue weighted by Crippen LogP contribution is -2.10. The van der Waals surface area contributed by atoms with Crippen molar-refractivity contribution >= 4 is 46.1 Å². The molecule has 0 aromatic heterocycles. The number of hydrogen-bond acceptors (Lipinski definition) is 7. The average Bonchev–Trinajstić information content (AvgIpc) is 2.82. The van der Waals surface area contributed by atoms with E-state index in [-0.39, 0.29) is 66.1 Å². The number of carbonyl (C=O) groups is 2. The first-order chi connectivity index (χ1) is 16.1. The molecule has 0 fully saturated rings. The highest BCUT2D eigenvalue weighted by Gasteiger charge is 2.29. The van der Waals surface area contributed by atoms with Gasteiger partial charge in [-0.2, -0.15) is 0 Å². The minimum atomic E-state index is -1.41. The lowest BCUT2D eigenvalue weighted by atomic mass is 9.89. The third-order valence-electron chi connectivity index (χ3n) is 5.25. The molecule has 174 valence electrons. The summed E-state index contributed by atoms with van der Waals surface area (Å²) < 4.78 is 16.1. The molecule has 2 aliphatic rings. The van der Waals surface area contributed by atoms with Crippen molar-refractivity contribution < 1.29 is 38.8 Å². The maximum Gasteiger partial charge on any atom is 0.336 e. The van der Waals surface area contributed by atoms with Crippen LogP contribution >= 0.6 is 23.2 Å². The molecule has 11 heteroatoms. The summed E-state index contributed by atoms with van der Waals surface area (Å²) in [5.74, 6) is -3.48. The highest BCUT2D eigenvalue weighted by Crippen LogP contribution is 2.50. The van der Waals surface area contributed by atoms with Crippen molar-refractivity contribution in [2.75, 3.05) is 14.2 Å². The molecular weight excluding hydrogens is 491 g/mol. The van der Waals surface area contributed by atoms with Gasteiger partial charge in [0.25, 0.3) is 0 Å². The van der Waals surface area contributed by atoms with Gasteiger partial charge in [-0.25, -0.2) is 9.59 Å². The van der Waals surface area contributed by atoms with Crippen molar-refractivity contribution in [3.63, 3.8) is 0 Å². The quantitative estimate of drug-likeness (QED) is 0.320. The number of hydrogen-bond donors (Lipinski definition) is 3. The zero-order valence-electron chi connectivity index (χ0n) is 17.4. The molecule has 2 aromatic carbocycles. The molecule has 0 spiro atoms. The van der Waals surface area contributed by atoms with E-state index in [1.807, 2.05) is 0 Å². The first kappa shape index (κ1) is 23.2. The molecule has 3 N–H and O–H groups in total. The fourth-order valence-corrected chi connectivity index (χ4v) is 4.15. The van der Waals surface area contributed by atoms with E-state index in [0.717, 1.165) is 6.07 Å². The molecule has 1 aliphatic heterocycles. The molecule has 0 saturated carbocycles. The van der Waals surface area contributed by atoms with E-state index < -0.39 is 23.1 Å². The fourth-order valence-electron chi connectivity index (χ4n) is 3.68. The van der Waals surface area contributed by atoms with Crippen LogP contribution in [0.25, 0.3) is 33.4 Å². The number of aromatic hydroxyl groups is 1. The van der Waals surface area contributed by atoms with Crippen molar-refractivity contribution in [2.45, 2.75) is 0 Å². The summed E-state index contributed by atoms with van der Waals surface area (Å²) in [6.45, 7) is 0. The van der Waals surface area contributed by atoms with Gasteiger partial charge in [0.1, 0.15) is 10.0 Å². The van der Waals surface area contributed by atoms with Gasteiger partial charge in [-0.05, 0) is 29.8 Å². The fraction of sp³-hybridized carbons (Fsp3) is 0.0870.